The monoisotopic (exact) mass is 182 g/mol. The molecule has 0 aliphatic carbocycles. The van der Waals surface area contributed by atoms with E-state index < -0.39 is 0 Å². The maximum atomic E-state index is 9.29. The summed E-state index contributed by atoms with van der Waals surface area (Å²) in [4.78, 5) is 0. The first-order valence-corrected chi connectivity index (χ1v) is 3.64. The van der Waals surface area contributed by atoms with Crippen LogP contribution in [0.15, 0.2) is 0 Å². The van der Waals surface area contributed by atoms with Crippen LogP contribution >= 0.6 is 0 Å². The Labute approximate surface area is 75.2 Å². The summed E-state index contributed by atoms with van der Waals surface area (Å²) in [6, 6.07) is 0. The summed E-state index contributed by atoms with van der Waals surface area (Å²) in [5.74, 6) is 0. The topological polar surface area (TPSA) is 46.2 Å². The van der Waals surface area contributed by atoms with Crippen LogP contribution in [0.2, 0.25) is 0 Å². The lowest BCUT2D eigenvalue weighted by Gasteiger charge is -2.26. The Morgan fingerprint density at radius 2 is 1.82 bits per heavy atom. The van der Waals surface area contributed by atoms with Crippen molar-refractivity contribution in [2.24, 2.45) is 5.73 Å². The van der Waals surface area contributed by atoms with Crippen LogP contribution in [-0.4, -0.2) is 49.9 Å². The van der Waals surface area contributed by atoms with Gasteiger partial charge in [-0.15, -0.1) is 0 Å². The van der Waals surface area contributed by atoms with Gasteiger partial charge >= 0.3 is 0 Å². The summed E-state index contributed by atoms with van der Waals surface area (Å²) >= 11 is 0. The first-order valence-electron chi connectivity index (χ1n) is 3.64. The lowest BCUT2D eigenvalue weighted by Crippen LogP contribution is -3.00. The first-order chi connectivity index (χ1) is 4.45. The van der Waals surface area contributed by atoms with Crippen LogP contribution in [0.4, 0.5) is 0 Å². The third-order valence-electron chi connectivity index (χ3n) is 1.26. The van der Waals surface area contributed by atoms with Crippen molar-refractivity contribution >= 4 is 0 Å². The average molecular weight is 183 g/mol. The molecular weight excluding hydrogens is 164 g/mol. The number of hydrogen-bond acceptors (Lipinski definition) is 2. The van der Waals surface area contributed by atoms with Crippen LogP contribution in [-0.2, 0) is 0 Å². The van der Waals surface area contributed by atoms with Crippen molar-refractivity contribution in [3.63, 3.8) is 0 Å². The first kappa shape index (κ1) is 13.7. The summed E-state index contributed by atoms with van der Waals surface area (Å²) in [7, 11) is 6.17. The number of aliphatic hydroxyl groups is 1. The fraction of sp³-hybridized carbons (Fsp3) is 1.00. The molecule has 0 rings (SSSR count). The molecule has 0 radical (unpaired) electrons. The number of hydrogen-bond donors (Lipinski definition) is 2. The molecule has 1 atom stereocenters. The molecule has 0 aromatic carbocycles. The minimum Gasteiger partial charge on any atom is -1.00 e. The van der Waals surface area contributed by atoms with E-state index in [9.17, 15) is 5.11 Å². The summed E-state index contributed by atoms with van der Waals surface area (Å²) in [6.45, 7) is 1.35. The fourth-order valence-corrected chi connectivity index (χ4v) is 0.916. The van der Waals surface area contributed by atoms with Crippen LogP contribution < -0.4 is 18.1 Å². The summed E-state index contributed by atoms with van der Waals surface area (Å²) in [6.07, 6.45) is 0.459. The van der Waals surface area contributed by atoms with Crippen molar-refractivity contribution in [2.75, 3.05) is 34.2 Å². The van der Waals surface area contributed by atoms with Crippen molar-refractivity contribution in [1.82, 2.24) is 0 Å². The molecule has 1 unspecified atom stereocenters. The molecule has 70 valence electrons. The van der Waals surface area contributed by atoms with Crippen molar-refractivity contribution < 1.29 is 22.0 Å². The van der Waals surface area contributed by atoms with Crippen LogP contribution in [0.25, 0.3) is 0 Å². The van der Waals surface area contributed by atoms with Gasteiger partial charge in [0.1, 0.15) is 12.6 Å². The van der Waals surface area contributed by atoms with Crippen LogP contribution in [0, 0.1) is 0 Å². The molecule has 3 nitrogen and oxygen atoms in total. The lowest BCUT2D eigenvalue weighted by molar-refractivity contribution is -0.873. The zero-order chi connectivity index (χ0) is 8.20. The van der Waals surface area contributed by atoms with E-state index in [-0.39, 0.29) is 18.5 Å². The maximum absolute atomic E-state index is 9.29. The van der Waals surface area contributed by atoms with E-state index in [1.54, 1.807) is 0 Å². The maximum Gasteiger partial charge on any atom is 0.104 e. The molecule has 0 saturated heterocycles. The van der Waals surface area contributed by atoms with Crippen LogP contribution in [0.1, 0.15) is 6.42 Å². The van der Waals surface area contributed by atoms with Gasteiger partial charge in [0.2, 0.25) is 0 Å². The number of rotatable bonds is 4. The number of aliphatic hydroxyl groups excluding tert-OH is 1. The largest absolute Gasteiger partial charge is 1.00 e. The molecule has 0 bridgehead atoms. The molecule has 0 aliphatic heterocycles. The number of quaternary nitrogens is 1. The SMILES string of the molecule is C[N+](C)(C)CC(O)CCN.[Cl-]. The van der Waals surface area contributed by atoms with Gasteiger partial charge in [-0.05, 0) is 13.0 Å². The quantitative estimate of drug-likeness (QED) is 0.442. The lowest BCUT2D eigenvalue weighted by atomic mass is 10.2. The smallest absolute Gasteiger partial charge is 0.104 e. The Kier molecular flexibility index (Phi) is 7.21. The van der Waals surface area contributed by atoms with Crippen molar-refractivity contribution in [3.05, 3.63) is 0 Å². The van der Waals surface area contributed by atoms with E-state index in [1.165, 1.54) is 0 Å². The minimum absolute atomic E-state index is 0. The second kappa shape index (κ2) is 5.77. The van der Waals surface area contributed by atoms with Crippen LogP contribution in [0.3, 0.4) is 0 Å². The average Bonchev–Trinajstić information content (AvgIpc) is 1.59. The van der Waals surface area contributed by atoms with Crippen molar-refractivity contribution in [3.8, 4) is 0 Å². The highest BCUT2D eigenvalue weighted by Crippen LogP contribution is 1.97. The van der Waals surface area contributed by atoms with E-state index in [4.69, 9.17) is 5.73 Å². The molecule has 0 spiro atoms. The zero-order valence-corrected chi connectivity index (χ0v) is 8.30. The Balaban J connectivity index is 0. The second-order valence-corrected chi connectivity index (χ2v) is 3.70. The van der Waals surface area contributed by atoms with Gasteiger partial charge in [0.15, 0.2) is 0 Å². The van der Waals surface area contributed by atoms with Gasteiger partial charge in [0, 0.05) is 0 Å². The molecule has 11 heavy (non-hydrogen) atoms. The fourth-order valence-electron chi connectivity index (χ4n) is 0.916. The molecule has 0 saturated carbocycles. The van der Waals surface area contributed by atoms with Gasteiger partial charge in [-0.25, -0.2) is 0 Å². The second-order valence-electron chi connectivity index (χ2n) is 3.70. The predicted octanol–water partition coefficient (Wildman–Crippen LogP) is -3.59. The normalized spacial score (nSPS) is 13.9. The highest BCUT2D eigenvalue weighted by Gasteiger charge is 2.13. The van der Waals surface area contributed by atoms with E-state index >= 15 is 0 Å². The molecular formula is C7H19ClN2O. The zero-order valence-electron chi connectivity index (χ0n) is 7.55. The highest BCUT2D eigenvalue weighted by atomic mass is 35.5. The van der Waals surface area contributed by atoms with Gasteiger partial charge in [-0.1, -0.05) is 0 Å². The Hall–Kier alpha value is 0.170. The van der Waals surface area contributed by atoms with Gasteiger partial charge in [0.05, 0.1) is 21.1 Å². The number of nitrogens with zero attached hydrogens (tertiary/aromatic N) is 1. The van der Waals surface area contributed by atoms with Crippen molar-refractivity contribution in [1.29, 1.82) is 0 Å². The molecule has 0 aromatic heterocycles. The summed E-state index contributed by atoms with van der Waals surface area (Å²) < 4.78 is 0.793. The van der Waals surface area contributed by atoms with Gasteiger partial charge < -0.3 is 27.7 Å². The molecule has 0 heterocycles. The van der Waals surface area contributed by atoms with Gasteiger partial charge in [-0.3, -0.25) is 0 Å². The van der Waals surface area contributed by atoms with Gasteiger partial charge in [-0.2, -0.15) is 0 Å². The third kappa shape index (κ3) is 10.2. The molecule has 0 fully saturated rings. The Bertz CT molecular complexity index is 92.9. The number of likely N-dealkylation sites (N-methyl/N-ethyl adjacent to an activating group) is 1. The molecule has 0 amide bonds. The summed E-state index contributed by atoms with van der Waals surface area (Å²) in [5, 5.41) is 9.29. The molecule has 0 aliphatic rings. The summed E-state index contributed by atoms with van der Waals surface area (Å²) in [5.41, 5.74) is 5.28. The molecule has 0 aromatic rings. The Morgan fingerprint density at radius 1 is 1.36 bits per heavy atom. The molecule has 4 heteroatoms. The van der Waals surface area contributed by atoms with Crippen molar-refractivity contribution in [2.45, 2.75) is 12.5 Å². The predicted molar refractivity (Wildman–Crippen MR) is 42.6 cm³/mol. The van der Waals surface area contributed by atoms with E-state index in [0.29, 0.717) is 13.0 Å². The standard InChI is InChI=1S/C7H19N2O.ClH/c1-9(2,3)6-7(10)4-5-8;/h7,10H,4-6,8H2,1-3H3;1H/q+1;/p-1. The third-order valence-corrected chi connectivity index (χ3v) is 1.26. The van der Waals surface area contributed by atoms with Crippen LogP contribution in [0.5, 0.6) is 0 Å². The van der Waals surface area contributed by atoms with Gasteiger partial charge in [0.25, 0.3) is 0 Å². The Morgan fingerprint density at radius 3 is 2.09 bits per heavy atom. The molecule has 3 N–H and O–H groups in total. The van der Waals surface area contributed by atoms with E-state index in [2.05, 4.69) is 21.1 Å². The number of nitrogens with two attached hydrogens (primary N) is 1. The van der Waals surface area contributed by atoms with E-state index in [0.717, 1.165) is 11.0 Å². The number of halogens is 1. The highest BCUT2D eigenvalue weighted by molar-refractivity contribution is 4.52. The minimum atomic E-state index is -0.245. The van der Waals surface area contributed by atoms with E-state index in [1.807, 2.05) is 0 Å².